The molecule has 3 aromatic rings. The number of nitrogens with zero attached hydrogens (tertiary/aromatic N) is 4. The first kappa shape index (κ1) is 13.0. The predicted molar refractivity (Wildman–Crippen MR) is 76.6 cm³/mol. The second-order valence-corrected chi connectivity index (χ2v) is 4.44. The van der Waals surface area contributed by atoms with E-state index in [4.69, 9.17) is 10.5 Å². The van der Waals surface area contributed by atoms with Crippen LogP contribution in [0.2, 0.25) is 0 Å². The summed E-state index contributed by atoms with van der Waals surface area (Å²) in [5, 5.41) is 0. The zero-order valence-electron chi connectivity index (χ0n) is 11.4. The highest BCUT2D eigenvalue weighted by Gasteiger charge is 2.19. The van der Waals surface area contributed by atoms with Crippen LogP contribution in [0.4, 0.5) is 5.95 Å². The van der Waals surface area contributed by atoms with Gasteiger partial charge in [0.05, 0.1) is 19.9 Å². The van der Waals surface area contributed by atoms with Gasteiger partial charge < -0.3 is 10.5 Å². The fraction of sp³-hybridized carbons (Fsp3) is 0.143. The Labute approximate surface area is 120 Å². The van der Waals surface area contributed by atoms with Gasteiger partial charge in [-0.25, -0.2) is 14.8 Å². The van der Waals surface area contributed by atoms with Crippen LogP contribution in [0.15, 0.2) is 36.5 Å². The fourth-order valence-electron chi connectivity index (χ4n) is 2.09. The number of nitrogen functional groups attached to an aromatic ring is 1. The third-order valence-corrected chi connectivity index (χ3v) is 3.06. The normalized spacial score (nSPS) is 10.7. The number of ether oxygens (including phenoxy) is 1. The number of carbonyl (C=O) groups is 1. The number of methoxy groups -OCH3 is 1. The minimum atomic E-state index is -0.525. The van der Waals surface area contributed by atoms with Crippen molar-refractivity contribution in [2.75, 3.05) is 12.8 Å². The van der Waals surface area contributed by atoms with Crippen LogP contribution in [0.1, 0.15) is 16.2 Å². The summed E-state index contributed by atoms with van der Waals surface area (Å²) in [4.78, 5) is 24.2. The van der Waals surface area contributed by atoms with Crippen molar-refractivity contribution in [2.45, 2.75) is 6.54 Å². The van der Waals surface area contributed by atoms with E-state index < -0.39 is 5.97 Å². The molecule has 21 heavy (non-hydrogen) atoms. The van der Waals surface area contributed by atoms with E-state index in [9.17, 15) is 4.79 Å². The lowest BCUT2D eigenvalue weighted by Crippen LogP contribution is -2.13. The van der Waals surface area contributed by atoms with Crippen LogP contribution in [0.3, 0.4) is 0 Å². The molecule has 106 valence electrons. The van der Waals surface area contributed by atoms with Crippen molar-refractivity contribution in [1.29, 1.82) is 0 Å². The van der Waals surface area contributed by atoms with E-state index in [1.54, 1.807) is 4.57 Å². The first-order chi connectivity index (χ1) is 10.2. The molecule has 0 radical (unpaired) electrons. The molecule has 0 amide bonds. The topological polar surface area (TPSA) is 95.9 Å². The largest absolute Gasteiger partial charge is 0.463 e. The zero-order valence-corrected chi connectivity index (χ0v) is 11.4. The fourth-order valence-corrected chi connectivity index (χ4v) is 2.09. The third-order valence-electron chi connectivity index (χ3n) is 3.06. The van der Waals surface area contributed by atoms with Crippen LogP contribution in [-0.2, 0) is 11.3 Å². The van der Waals surface area contributed by atoms with Crippen molar-refractivity contribution < 1.29 is 9.53 Å². The number of aromatic nitrogens is 4. The molecule has 0 unspecified atom stereocenters. The summed E-state index contributed by atoms with van der Waals surface area (Å²) in [5.74, 6) is -0.216. The van der Waals surface area contributed by atoms with E-state index in [1.807, 2.05) is 30.3 Å². The number of carbonyl (C=O) groups excluding carboxylic acids is 1. The molecular weight excluding hydrogens is 270 g/mol. The molecule has 0 saturated heterocycles. The van der Waals surface area contributed by atoms with Gasteiger partial charge in [0, 0.05) is 0 Å². The van der Waals surface area contributed by atoms with E-state index in [0.717, 1.165) is 5.56 Å². The Morgan fingerprint density at radius 3 is 2.76 bits per heavy atom. The van der Waals surface area contributed by atoms with Crippen molar-refractivity contribution in [2.24, 2.45) is 0 Å². The third kappa shape index (κ3) is 2.40. The quantitative estimate of drug-likeness (QED) is 0.726. The summed E-state index contributed by atoms with van der Waals surface area (Å²) in [6, 6.07) is 9.69. The van der Waals surface area contributed by atoms with Gasteiger partial charge in [0.25, 0.3) is 0 Å². The van der Waals surface area contributed by atoms with E-state index in [-0.39, 0.29) is 11.8 Å². The highest BCUT2D eigenvalue weighted by atomic mass is 16.5. The maximum atomic E-state index is 11.9. The number of rotatable bonds is 3. The average Bonchev–Trinajstić information content (AvgIpc) is 2.86. The van der Waals surface area contributed by atoms with Gasteiger partial charge in [-0.1, -0.05) is 30.3 Å². The maximum absolute atomic E-state index is 11.9. The Kier molecular flexibility index (Phi) is 3.23. The smallest absolute Gasteiger partial charge is 0.374 e. The molecule has 0 bridgehead atoms. The molecule has 3 rings (SSSR count). The van der Waals surface area contributed by atoms with Crippen molar-refractivity contribution in [3.05, 3.63) is 47.9 Å². The second kappa shape index (κ2) is 5.20. The Bertz CT molecular complexity index is 798. The molecular formula is C14H13N5O2. The molecule has 0 atom stereocenters. The van der Waals surface area contributed by atoms with Crippen LogP contribution in [-0.4, -0.2) is 32.6 Å². The molecule has 2 heterocycles. The summed E-state index contributed by atoms with van der Waals surface area (Å²) in [7, 11) is 1.31. The number of nitrogens with two attached hydrogens (primary N) is 1. The number of hydrogen-bond donors (Lipinski definition) is 1. The summed E-state index contributed by atoms with van der Waals surface area (Å²) in [6.07, 6.45) is 1.49. The number of esters is 1. The van der Waals surface area contributed by atoms with Crippen LogP contribution >= 0.6 is 0 Å². The molecule has 7 heteroatoms. The Balaban J connectivity index is 2.17. The minimum Gasteiger partial charge on any atom is -0.463 e. The standard InChI is InChI=1S/C14H13N5O2/c1-21-13(20)12-17-10-7-16-14(15)18-11(10)19(12)8-9-5-3-2-4-6-9/h2-7H,8H2,1H3,(H2,15,16,18). The molecule has 2 aromatic heterocycles. The molecule has 7 nitrogen and oxygen atoms in total. The summed E-state index contributed by atoms with van der Waals surface area (Å²) in [6.45, 7) is 0.443. The average molecular weight is 283 g/mol. The maximum Gasteiger partial charge on any atom is 0.374 e. The Morgan fingerprint density at radius 2 is 2.05 bits per heavy atom. The molecule has 2 N–H and O–H groups in total. The molecule has 0 aliphatic heterocycles. The lowest BCUT2D eigenvalue weighted by molar-refractivity contribution is 0.0582. The molecule has 1 aromatic carbocycles. The van der Waals surface area contributed by atoms with Gasteiger partial charge in [0.1, 0.15) is 5.52 Å². The predicted octanol–water partition coefficient (Wildman–Crippen LogP) is 1.24. The number of benzene rings is 1. The summed E-state index contributed by atoms with van der Waals surface area (Å²) in [5.41, 5.74) is 7.64. The minimum absolute atomic E-state index is 0.133. The van der Waals surface area contributed by atoms with Crippen molar-refractivity contribution in [3.8, 4) is 0 Å². The van der Waals surface area contributed by atoms with Crippen molar-refractivity contribution in [3.63, 3.8) is 0 Å². The number of imidazole rings is 1. The Morgan fingerprint density at radius 1 is 1.29 bits per heavy atom. The molecule has 0 spiro atoms. The molecule has 0 fully saturated rings. The number of anilines is 1. The van der Waals surface area contributed by atoms with Gasteiger partial charge in [-0.15, -0.1) is 0 Å². The highest BCUT2D eigenvalue weighted by Crippen LogP contribution is 2.17. The zero-order chi connectivity index (χ0) is 14.8. The summed E-state index contributed by atoms with van der Waals surface area (Å²) < 4.78 is 6.45. The van der Waals surface area contributed by atoms with E-state index in [2.05, 4.69) is 15.0 Å². The van der Waals surface area contributed by atoms with Gasteiger partial charge in [-0.05, 0) is 5.56 Å². The van der Waals surface area contributed by atoms with Crippen LogP contribution in [0, 0.1) is 0 Å². The van der Waals surface area contributed by atoms with Gasteiger partial charge in [0.2, 0.25) is 11.8 Å². The Hall–Kier alpha value is -2.96. The van der Waals surface area contributed by atoms with Gasteiger partial charge >= 0.3 is 5.97 Å². The second-order valence-electron chi connectivity index (χ2n) is 4.44. The van der Waals surface area contributed by atoms with Crippen LogP contribution in [0.5, 0.6) is 0 Å². The molecule has 0 aliphatic carbocycles. The lowest BCUT2D eigenvalue weighted by Gasteiger charge is -2.07. The SMILES string of the molecule is COC(=O)c1nc2cnc(N)nc2n1Cc1ccccc1. The van der Waals surface area contributed by atoms with Gasteiger partial charge in [-0.2, -0.15) is 4.98 Å². The van der Waals surface area contributed by atoms with Gasteiger partial charge in [0.15, 0.2) is 5.65 Å². The lowest BCUT2D eigenvalue weighted by atomic mass is 10.2. The van der Waals surface area contributed by atoms with E-state index >= 15 is 0 Å². The van der Waals surface area contributed by atoms with Crippen LogP contribution < -0.4 is 5.73 Å². The van der Waals surface area contributed by atoms with E-state index in [0.29, 0.717) is 17.7 Å². The molecule has 0 aliphatic rings. The number of fused-ring (bicyclic) bond motifs is 1. The number of hydrogen-bond acceptors (Lipinski definition) is 6. The highest BCUT2D eigenvalue weighted by molar-refractivity contribution is 5.90. The van der Waals surface area contributed by atoms with Crippen molar-refractivity contribution >= 4 is 23.1 Å². The van der Waals surface area contributed by atoms with Crippen LogP contribution in [0.25, 0.3) is 11.2 Å². The summed E-state index contributed by atoms with van der Waals surface area (Å²) >= 11 is 0. The first-order valence-corrected chi connectivity index (χ1v) is 6.30. The van der Waals surface area contributed by atoms with Gasteiger partial charge in [-0.3, -0.25) is 4.57 Å². The monoisotopic (exact) mass is 283 g/mol. The van der Waals surface area contributed by atoms with E-state index in [1.165, 1.54) is 13.3 Å². The van der Waals surface area contributed by atoms with Crippen molar-refractivity contribution in [1.82, 2.24) is 19.5 Å². The molecule has 0 saturated carbocycles. The first-order valence-electron chi connectivity index (χ1n) is 6.30.